The quantitative estimate of drug-likeness (QED) is 0.796. The van der Waals surface area contributed by atoms with Crippen LogP contribution >= 0.6 is 0 Å². The third-order valence-electron chi connectivity index (χ3n) is 3.15. The number of carbonyl (C=O) groups excluding carboxylic acids is 1. The Balaban J connectivity index is 1.73. The van der Waals surface area contributed by atoms with Gasteiger partial charge in [-0.2, -0.15) is 0 Å². The van der Waals surface area contributed by atoms with Gasteiger partial charge in [-0.15, -0.1) is 0 Å². The Morgan fingerprint density at radius 3 is 2.71 bits per heavy atom. The predicted molar refractivity (Wildman–Crippen MR) is 82.2 cm³/mol. The van der Waals surface area contributed by atoms with E-state index in [9.17, 15) is 4.79 Å². The van der Waals surface area contributed by atoms with E-state index in [-0.39, 0.29) is 5.91 Å². The van der Waals surface area contributed by atoms with Crippen molar-refractivity contribution in [1.29, 1.82) is 0 Å². The number of imidazole rings is 1. The molecule has 0 aliphatic rings. The molecule has 4 nitrogen and oxygen atoms in total. The van der Waals surface area contributed by atoms with E-state index in [1.165, 1.54) is 0 Å². The smallest absolute Gasteiger partial charge is 0.255 e. The second-order valence-electron chi connectivity index (χ2n) is 4.76. The van der Waals surface area contributed by atoms with E-state index in [0.717, 1.165) is 17.8 Å². The van der Waals surface area contributed by atoms with Gasteiger partial charge in [0, 0.05) is 30.2 Å². The summed E-state index contributed by atoms with van der Waals surface area (Å²) in [7, 11) is 0. The summed E-state index contributed by atoms with van der Waals surface area (Å²) in [4.78, 5) is 16.1. The van der Waals surface area contributed by atoms with Crippen molar-refractivity contribution >= 4 is 11.6 Å². The van der Waals surface area contributed by atoms with E-state index in [1.807, 2.05) is 53.2 Å². The molecular weight excluding hydrogens is 262 g/mol. The van der Waals surface area contributed by atoms with Crippen LogP contribution in [0.25, 0.3) is 0 Å². The zero-order valence-corrected chi connectivity index (χ0v) is 11.4. The van der Waals surface area contributed by atoms with Gasteiger partial charge in [0.2, 0.25) is 0 Å². The van der Waals surface area contributed by atoms with Gasteiger partial charge in [0.1, 0.15) is 0 Å². The van der Waals surface area contributed by atoms with Crippen LogP contribution in [0.3, 0.4) is 0 Å². The first-order valence-electron chi connectivity index (χ1n) is 6.72. The van der Waals surface area contributed by atoms with Gasteiger partial charge < -0.3 is 9.88 Å². The van der Waals surface area contributed by atoms with Gasteiger partial charge in [-0.05, 0) is 29.8 Å². The van der Waals surface area contributed by atoms with E-state index >= 15 is 0 Å². The molecule has 0 spiro atoms. The Morgan fingerprint density at radius 2 is 1.95 bits per heavy atom. The van der Waals surface area contributed by atoms with Crippen molar-refractivity contribution in [3.63, 3.8) is 0 Å². The van der Waals surface area contributed by atoms with E-state index < -0.39 is 0 Å². The highest BCUT2D eigenvalue weighted by Crippen LogP contribution is 2.13. The molecule has 1 N–H and O–H groups in total. The molecule has 1 heterocycles. The molecule has 0 saturated carbocycles. The monoisotopic (exact) mass is 277 g/mol. The fourth-order valence-electron chi connectivity index (χ4n) is 2.13. The second kappa shape index (κ2) is 6.05. The highest BCUT2D eigenvalue weighted by Gasteiger charge is 2.05. The number of hydrogen-bond acceptors (Lipinski definition) is 2. The molecule has 0 aliphatic heterocycles. The minimum Gasteiger partial charge on any atom is -0.333 e. The molecule has 0 radical (unpaired) electrons. The molecule has 1 aromatic heterocycles. The molecule has 4 heteroatoms. The van der Waals surface area contributed by atoms with Gasteiger partial charge in [-0.25, -0.2) is 4.98 Å². The lowest BCUT2D eigenvalue weighted by Crippen LogP contribution is -2.11. The summed E-state index contributed by atoms with van der Waals surface area (Å²) >= 11 is 0. The number of nitrogens with zero attached hydrogens (tertiary/aromatic N) is 2. The summed E-state index contributed by atoms with van der Waals surface area (Å²) in [6.07, 6.45) is 5.44. The first-order chi connectivity index (χ1) is 10.3. The van der Waals surface area contributed by atoms with Crippen LogP contribution in [-0.4, -0.2) is 15.5 Å². The lowest BCUT2D eigenvalue weighted by atomic mass is 10.1. The molecule has 3 rings (SSSR count). The van der Waals surface area contributed by atoms with Crippen molar-refractivity contribution in [3.05, 3.63) is 84.4 Å². The summed E-state index contributed by atoms with van der Waals surface area (Å²) in [5.74, 6) is -0.101. The largest absolute Gasteiger partial charge is 0.333 e. The van der Waals surface area contributed by atoms with Gasteiger partial charge in [0.15, 0.2) is 0 Å². The molecule has 0 bridgehead atoms. The lowest BCUT2D eigenvalue weighted by molar-refractivity contribution is 0.102. The van der Waals surface area contributed by atoms with Crippen molar-refractivity contribution in [2.45, 2.75) is 6.54 Å². The predicted octanol–water partition coefficient (Wildman–Crippen LogP) is 3.18. The molecule has 0 atom stereocenters. The highest BCUT2D eigenvalue weighted by molar-refractivity contribution is 6.04. The van der Waals surface area contributed by atoms with Crippen molar-refractivity contribution in [2.24, 2.45) is 0 Å². The Bertz CT molecular complexity index is 721. The number of amides is 1. The van der Waals surface area contributed by atoms with Crippen LogP contribution in [0.5, 0.6) is 0 Å². The number of benzene rings is 2. The summed E-state index contributed by atoms with van der Waals surface area (Å²) in [5.41, 5.74) is 2.55. The fourth-order valence-corrected chi connectivity index (χ4v) is 2.13. The first kappa shape index (κ1) is 13.1. The van der Waals surface area contributed by atoms with Crippen LogP contribution in [0.2, 0.25) is 0 Å². The van der Waals surface area contributed by atoms with Gasteiger partial charge >= 0.3 is 0 Å². The molecule has 104 valence electrons. The van der Waals surface area contributed by atoms with E-state index in [0.29, 0.717) is 5.56 Å². The maximum atomic E-state index is 12.1. The van der Waals surface area contributed by atoms with Gasteiger partial charge in [0.05, 0.1) is 6.33 Å². The standard InChI is InChI=1S/C17H15N3O/c21-17(15-6-2-1-3-7-15)19-16-8-4-5-14(11-16)12-20-10-9-18-13-20/h1-11,13H,12H2,(H,19,21). The zero-order valence-electron chi connectivity index (χ0n) is 11.4. The number of anilines is 1. The molecule has 0 aliphatic carbocycles. The second-order valence-corrected chi connectivity index (χ2v) is 4.76. The van der Waals surface area contributed by atoms with Crippen LogP contribution in [-0.2, 0) is 6.54 Å². The minimum atomic E-state index is -0.101. The molecule has 0 saturated heterocycles. The van der Waals surface area contributed by atoms with Gasteiger partial charge in [0.25, 0.3) is 5.91 Å². The van der Waals surface area contributed by atoms with E-state index in [1.54, 1.807) is 24.7 Å². The van der Waals surface area contributed by atoms with Crippen molar-refractivity contribution in [1.82, 2.24) is 9.55 Å². The summed E-state index contributed by atoms with van der Waals surface area (Å²) in [6, 6.07) is 17.0. The van der Waals surface area contributed by atoms with Crippen LogP contribution in [0, 0.1) is 0 Å². The van der Waals surface area contributed by atoms with Crippen LogP contribution in [0.15, 0.2) is 73.3 Å². The normalized spacial score (nSPS) is 10.3. The third-order valence-corrected chi connectivity index (χ3v) is 3.15. The van der Waals surface area contributed by atoms with E-state index in [4.69, 9.17) is 0 Å². The third kappa shape index (κ3) is 3.36. The van der Waals surface area contributed by atoms with Crippen molar-refractivity contribution in [2.75, 3.05) is 5.32 Å². The molecule has 2 aromatic carbocycles. The Labute approximate surface area is 123 Å². The molecule has 3 aromatic rings. The number of hydrogen-bond donors (Lipinski definition) is 1. The SMILES string of the molecule is O=C(Nc1cccc(Cn2ccnc2)c1)c1ccccc1. The topological polar surface area (TPSA) is 46.9 Å². The van der Waals surface area contributed by atoms with Crippen molar-refractivity contribution < 1.29 is 4.79 Å². The van der Waals surface area contributed by atoms with Gasteiger partial charge in [-0.3, -0.25) is 4.79 Å². The number of nitrogens with one attached hydrogen (secondary N) is 1. The van der Waals surface area contributed by atoms with E-state index in [2.05, 4.69) is 10.3 Å². The van der Waals surface area contributed by atoms with Gasteiger partial charge in [-0.1, -0.05) is 30.3 Å². The average molecular weight is 277 g/mol. The van der Waals surface area contributed by atoms with Crippen molar-refractivity contribution in [3.8, 4) is 0 Å². The molecule has 21 heavy (non-hydrogen) atoms. The summed E-state index contributed by atoms with van der Waals surface area (Å²) in [5, 5.41) is 2.91. The molecule has 1 amide bonds. The minimum absolute atomic E-state index is 0.101. The number of aromatic nitrogens is 2. The number of carbonyl (C=O) groups is 1. The maximum Gasteiger partial charge on any atom is 0.255 e. The zero-order chi connectivity index (χ0) is 14.5. The Kier molecular flexibility index (Phi) is 3.78. The summed E-state index contributed by atoms with van der Waals surface area (Å²) < 4.78 is 1.98. The summed E-state index contributed by atoms with van der Waals surface area (Å²) in [6.45, 7) is 0.731. The molecular formula is C17H15N3O. The van der Waals surface area contributed by atoms with Crippen LogP contribution < -0.4 is 5.32 Å². The fraction of sp³-hybridized carbons (Fsp3) is 0.0588. The molecule has 0 fully saturated rings. The molecule has 0 unspecified atom stereocenters. The van der Waals surface area contributed by atoms with Crippen LogP contribution in [0.4, 0.5) is 5.69 Å². The Hall–Kier alpha value is -2.88. The Morgan fingerprint density at radius 1 is 1.10 bits per heavy atom. The number of rotatable bonds is 4. The highest BCUT2D eigenvalue weighted by atomic mass is 16.1. The first-order valence-corrected chi connectivity index (χ1v) is 6.72. The average Bonchev–Trinajstić information content (AvgIpc) is 3.01. The maximum absolute atomic E-state index is 12.1. The van der Waals surface area contributed by atoms with Crippen LogP contribution in [0.1, 0.15) is 15.9 Å². The lowest BCUT2D eigenvalue weighted by Gasteiger charge is -2.08.